The summed E-state index contributed by atoms with van der Waals surface area (Å²) in [6, 6.07) is 0.152. The van der Waals surface area contributed by atoms with Gasteiger partial charge >= 0.3 is 35.5 Å². The Morgan fingerprint density at radius 2 is 1.33 bits per heavy atom. The summed E-state index contributed by atoms with van der Waals surface area (Å²) < 4.78 is 0. The summed E-state index contributed by atoms with van der Waals surface area (Å²) in [5.41, 5.74) is 10.2. The molecule has 0 aromatic carbocycles. The molecule has 0 aromatic heterocycles. The predicted octanol–water partition coefficient (Wildman–Crippen LogP) is 0.492. The van der Waals surface area contributed by atoms with E-state index in [4.69, 9.17) is 10.8 Å². The van der Waals surface area contributed by atoms with Crippen molar-refractivity contribution in [3.8, 4) is 0 Å². The van der Waals surface area contributed by atoms with Crippen LogP contribution in [0.4, 0.5) is 0 Å². The Balaban J connectivity index is -0.000000465. The molecule has 0 bridgehead atoms. The monoisotopic (exact) mass is 310 g/mol. The molecule has 1 atom stereocenters. The molecule has 0 amide bonds. The summed E-state index contributed by atoms with van der Waals surface area (Å²) >= 11 is 0. The van der Waals surface area contributed by atoms with E-state index in [0.29, 0.717) is 0 Å². The fourth-order valence-electron chi connectivity index (χ4n) is 1.89. The van der Waals surface area contributed by atoms with Gasteiger partial charge in [-0.3, -0.25) is 4.79 Å². The van der Waals surface area contributed by atoms with Gasteiger partial charge in [0.25, 0.3) is 0 Å². The minimum absolute atomic E-state index is 0. The molecule has 0 saturated carbocycles. The van der Waals surface area contributed by atoms with Gasteiger partial charge in [0, 0.05) is 0 Å². The topological polar surface area (TPSA) is 89.3 Å². The predicted molar refractivity (Wildman–Crippen MR) is 86.5 cm³/mol. The smallest absolute Gasteiger partial charge is 0.480 e. The number of carboxylic acids is 1. The maximum Gasteiger partial charge on any atom is 1.00 e. The summed E-state index contributed by atoms with van der Waals surface area (Å²) in [5, 5.41) is 7.60. The van der Waals surface area contributed by atoms with Crippen LogP contribution in [0.15, 0.2) is 0 Å². The third-order valence-corrected chi connectivity index (χ3v) is 3.10. The van der Waals surface area contributed by atoms with Crippen molar-refractivity contribution in [1.29, 1.82) is 0 Å². The van der Waals surface area contributed by atoms with Gasteiger partial charge in [0.2, 0.25) is 0 Å². The molecule has 0 aliphatic rings. The van der Waals surface area contributed by atoms with E-state index in [0.717, 1.165) is 6.42 Å². The van der Waals surface area contributed by atoms with Gasteiger partial charge in [0.05, 0.1) is 6.54 Å². The van der Waals surface area contributed by atoms with Crippen LogP contribution in [0, 0.1) is 6.92 Å². The Kier molecular flexibility index (Phi) is 28.4. The van der Waals surface area contributed by atoms with Crippen molar-refractivity contribution in [2.45, 2.75) is 83.6 Å². The number of carbonyl (C=O) groups is 1. The summed E-state index contributed by atoms with van der Waals surface area (Å²) in [6.45, 7) is 5.79. The second kappa shape index (κ2) is 22.7. The molecule has 122 valence electrons. The van der Waals surface area contributed by atoms with E-state index in [1.54, 1.807) is 0 Å². The van der Waals surface area contributed by atoms with Crippen molar-refractivity contribution in [3.05, 3.63) is 6.92 Å². The van der Waals surface area contributed by atoms with E-state index in [-0.39, 0.29) is 42.1 Å². The van der Waals surface area contributed by atoms with Gasteiger partial charge in [-0.2, -0.15) is 0 Å². The Labute approximate surface area is 153 Å². The fraction of sp³-hybridized carbons (Fsp3) is 0.875. The molecule has 21 heavy (non-hydrogen) atoms. The number of hydrogen-bond donors (Lipinski definition) is 3. The maximum atomic E-state index is 9.24. The first kappa shape index (κ1) is 26.3. The number of carboxylic acid groups (broad SMARTS) is 1. The van der Waals surface area contributed by atoms with E-state index in [1.807, 2.05) is 0 Å². The van der Waals surface area contributed by atoms with Gasteiger partial charge in [-0.15, -0.1) is 6.04 Å². The third-order valence-electron chi connectivity index (χ3n) is 3.10. The van der Waals surface area contributed by atoms with Crippen molar-refractivity contribution in [2.75, 3.05) is 6.54 Å². The van der Waals surface area contributed by atoms with Crippen molar-refractivity contribution >= 4 is 5.97 Å². The van der Waals surface area contributed by atoms with Crippen LogP contribution in [0.3, 0.4) is 0 Å². The number of aliphatic carboxylic acids is 1. The third kappa shape index (κ3) is 33.3. The summed E-state index contributed by atoms with van der Waals surface area (Å²) in [6.07, 6.45) is 15.0. The van der Waals surface area contributed by atoms with Gasteiger partial charge < -0.3 is 23.5 Å². The van der Waals surface area contributed by atoms with Crippen molar-refractivity contribution in [3.63, 3.8) is 0 Å². The van der Waals surface area contributed by atoms with Crippen LogP contribution >= 0.6 is 0 Å². The average Bonchev–Trinajstić information content (AvgIpc) is 2.41. The largest absolute Gasteiger partial charge is 1.00 e. The fourth-order valence-corrected chi connectivity index (χ4v) is 1.89. The van der Waals surface area contributed by atoms with E-state index in [9.17, 15) is 4.79 Å². The Bertz CT molecular complexity index is 203. The maximum absolute atomic E-state index is 9.24. The minimum Gasteiger partial charge on any atom is -0.480 e. The molecule has 0 aliphatic carbocycles. The molecule has 0 rings (SSSR count). The molecule has 5 N–H and O–H groups in total. The van der Waals surface area contributed by atoms with Crippen molar-refractivity contribution < 1.29 is 39.5 Å². The van der Waals surface area contributed by atoms with Crippen LogP contribution in [0.2, 0.25) is 0 Å². The van der Waals surface area contributed by atoms with E-state index in [1.165, 1.54) is 64.2 Å². The van der Waals surface area contributed by atoms with Gasteiger partial charge in [-0.1, -0.05) is 77.6 Å². The Hall–Kier alpha value is 0.390. The molecule has 0 aliphatic heterocycles. The molecule has 0 heterocycles. The number of unbranched alkanes of at least 4 members (excludes halogenated alkanes) is 9. The number of hydrogen-bond acceptors (Lipinski definition) is 3. The zero-order chi connectivity index (χ0) is 15.6. The van der Waals surface area contributed by atoms with Crippen LogP contribution in [-0.4, -0.2) is 23.7 Å². The molecule has 4 nitrogen and oxygen atoms in total. The minimum atomic E-state index is -0.968. The first-order valence-electron chi connectivity index (χ1n) is 8.05. The Morgan fingerprint density at radius 3 is 1.62 bits per heavy atom. The first-order chi connectivity index (χ1) is 9.54. The van der Waals surface area contributed by atoms with E-state index >= 15 is 0 Å². The SMILES string of the molecule is NCC(=O)O.[CH2-]C(N)CCCCCCCCCCCC.[Na+]. The van der Waals surface area contributed by atoms with Crippen LogP contribution in [0.5, 0.6) is 0 Å². The normalized spacial score (nSPS) is 11.0. The quantitative estimate of drug-likeness (QED) is 0.278. The van der Waals surface area contributed by atoms with Gasteiger partial charge in [0.15, 0.2) is 0 Å². The van der Waals surface area contributed by atoms with Crippen LogP contribution in [-0.2, 0) is 4.79 Å². The van der Waals surface area contributed by atoms with Crippen molar-refractivity contribution in [2.24, 2.45) is 11.5 Å². The van der Waals surface area contributed by atoms with E-state index in [2.05, 4.69) is 19.6 Å². The molecule has 5 heteroatoms. The zero-order valence-corrected chi connectivity index (χ0v) is 16.3. The molecule has 0 fully saturated rings. The molecule has 1 unspecified atom stereocenters. The number of nitrogens with two attached hydrogens (primary N) is 2. The number of rotatable bonds is 12. The summed E-state index contributed by atoms with van der Waals surface area (Å²) in [7, 11) is 0. The standard InChI is InChI=1S/C14H30N.C2H5NO2.Na/c1-3-4-5-6-7-8-9-10-11-12-13-14(2)15;3-1-2(4)5;/h14H,2-13,15H2,1H3;1,3H2,(H,4,5);/q-1;;+1. The molecule has 0 aromatic rings. The Morgan fingerprint density at radius 1 is 1.00 bits per heavy atom. The summed E-state index contributed by atoms with van der Waals surface area (Å²) in [4.78, 5) is 9.24. The molecule has 0 radical (unpaired) electrons. The zero-order valence-electron chi connectivity index (χ0n) is 14.3. The molecule has 0 spiro atoms. The average molecular weight is 310 g/mol. The van der Waals surface area contributed by atoms with Gasteiger partial charge in [-0.25, -0.2) is 0 Å². The first-order valence-corrected chi connectivity index (χ1v) is 8.05. The van der Waals surface area contributed by atoms with E-state index < -0.39 is 5.97 Å². The van der Waals surface area contributed by atoms with Gasteiger partial charge in [-0.05, 0) is 0 Å². The van der Waals surface area contributed by atoms with Crippen LogP contribution in [0.1, 0.15) is 77.6 Å². The molecular formula is C16H35N2NaO2. The van der Waals surface area contributed by atoms with Crippen LogP contribution < -0.4 is 41.0 Å². The van der Waals surface area contributed by atoms with Gasteiger partial charge in [0.1, 0.15) is 0 Å². The van der Waals surface area contributed by atoms with Crippen molar-refractivity contribution in [1.82, 2.24) is 0 Å². The summed E-state index contributed by atoms with van der Waals surface area (Å²) in [5.74, 6) is -0.968. The van der Waals surface area contributed by atoms with Crippen LogP contribution in [0.25, 0.3) is 0 Å². The molecule has 0 saturated heterocycles. The molecular weight excluding hydrogens is 275 g/mol. The second-order valence-corrected chi connectivity index (χ2v) is 5.33. The second-order valence-electron chi connectivity index (χ2n) is 5.33.